The van der Waals surface area contributed by atoms with E-state index < -0.39 is 0 Å². The number of nitrogens with one attached hydrogen (secondary N) is 1. The summed E-state index contributed by atoms with van der Waals surface area (Å²) < 4.78 is 4.86. The lowest BCUT2D eigenvalue weighted by Gasteiger charge is -2.26. The first-order valence-corrected chi connectivity index (χ1v) is 9.76. The molecule has 2 amide bonds. The van der Waals surface area contributed by atoms with Gasteiger partial charge < -0.3 is 15.0 Å². The van der Waals surface area contributed by atoms with Gasteiger partial charge in [-0.05, 0) is 32.2 Å². The molecule has 142 valence electrons. The standard InChI is InChI=1S/C18H25N3O4S/c1-3-25-17(23)13-20(2)12-16(22)19-15-6-4-5-14(11-15)18(24)21-7-9-26-10-8-21/h4-6,11H,3,7-10,12-13H2,1-2H3,(H,19,22). The molecule has 1 fully saturated rings. The van der Waals surface area contributed by atoms with Gasteiger partial charge in [-0.25, -0.2) is 0 Å². The Balaban J connectivity index is 1.90. The van der Waals surface area contributed by atoms with Crippen LogP contribution in [0.4, 0.5) is 5.69 Å². The van der Waals surface area contributed by atoms with E-state index in [1.807, 2.05) is 16.7 Å². The molecule has 1 heterocycles. The number of carbonyl (C=O) groups is 3. The Kier molecular flexibility index (Phi) is 7.93. The molecule has 8 heteroatoms. The predicted octanol–water partition coefficient (Wildman–Crippen LogP) is 1.31. The summed E-state index contributed by atoms with van der Waals surface area (Å²) in [5.41, 5.74) is 1.13. The number of ether oxygens (including phenoxy) is 1. The fourth-order valence-corrected chi connectivity index (χ4v) is 3.51. The SMILES string of the molecule is CCOC(=O)CN(C)CC(=O)Nc1cccc(C(=O)N2CCSCC2)c1. The van der Waals surface area contributed by atoms with E-state index in [2.05, 4.69) is 5.32 Å². The minimum Gasteiger partial charge on any atom is -0.465 e. The Hall–Kier alpha value is -2.06. The number of nitrogens with zero attached hydrogens (tertiary/aromatic N) is 2. The van der Waals surface area contributed by atoms with E-state index in [-0.39, 0.29) is 30.9 Å². The van der Waals surface area contributed by atoms with Crippen molar-refractivity contribution in [2.24, 2.45) is 0 Å². The van der Waals surface area contributed by atoms with E-state index in [0.717, 1.165) is 24.6 Å². The molecule has 7 nitrogen and oxygen atoms in total. The normalized spacial score (nSPS) is 14.2. The van der Waals surface area contributed by atoms with Gasteiger partial charge in [-0.15, -0.1) is 0 Å². The van der Waals surface area contributed by atoms with Crippen LogP contribution in [0.2, 0.25) is 0 Å². The average molecular weight is 379 g/mol. The maximum Gasteiger partial charge on any atom is 0.320 e. The first kappa shape index (κ1) is 20.3. The summed E-state index contributed by atoms with van der Waals surface area (Å²) in [6.07, 6.45) is 0. The fraction of sp³-hybridized carbons (Fsp3) is 0.500. The van der Waals surface area contributed by atoms with Crippen LogP contribution in [0.3, 0.4) is 0 Å². The largest absolute Gasteiger partial charge is 0.465 e. The molecule has 1 aromatic rings. The van der Waals surface area contributed by atoms with Crippen molar-refractivity contribution < 1.29 is 19.1 Å². The van der Waals surface area contributed by atoms with E-state index in [4.69, 9.17) is 4.74 Å². The highest BCUT2D eigenvalue weighted by Gasteiger charge is 2.19. The van der Waals surface area contributed by atoms with Gasteiger partial charge in [0.05, 0.1) is 19.7 Å². The third-order valence-electron chi connectivity index (χ3n) is 3.81. The van der Waals surface area contributed by atoms with Crippen molar-refractivity contribution in [1.82, 2.24) is 9.80 Å². The van der Waals surface area contributed by atoms with Gasteiger partial charge in [-0.3, -0.25) is 19.3 Å². The maximum atomic E-state index is 12.5. The second kappa shape index (κ2) is 10.2. The van der Waals surface area contributed by atoms with Gasteiger partial charge >= 0.3 is 5.97 Å². The quantitative estimate of drug-likeness (QED) is 0.720. The molecule has 0 aliphatic carbocycles. The van der Waals surface area contributed by atoms with Crippen molar-refractivity contribution >= 4 is 35.2 Å². The number of hydrogen-bond donors (Lipinski definition) is 1. The zero-order chi connectivity index (χ0) is 18.9. The first-order valence-electron chi connectivity index (χ1n) is 8.60. The minimum absolute atomic E-state index is 0.0131. The minimum atomic E-state index is -0.366. The number of anilines is 1. The van der Waals surface area contributed by atoms with E-state index >= 15 is 0 Å². The topological polar surface area (TPSA) is 79.0 Å². The molecule has 0 aromatic heterocycles. The van der Waals surface area contributed by atoms with Gasteiger partial charge in [-0.1, -0.05) is 6.07 Å². The number of carbonyl (C=O) groups excluding carboxylic acids is 3. The number of esters is 1. The van der Waals surface area contributed by atoms with Crippen LogP contribution in [0.1, 0.15) is 17.3 Å². The zero-order valence-corrected chi connectivity index (χ0v) is 16.0. The van der Waals surface area contributed by atoms with Gasteiger partial charge in [0, 0.05) is 35.8 Å². The molecule has 0 radical (unpaired) electrons. The number of rotatable bonds is 7. The maximum absolute atomic E-state index is 12.5. The molecule has 0 unspecified atom stereocenters. The van der Waals surface area contributed by atoms with Crippen LogP contribution >= 0.6 is 11.8 Å². The van der Waals surface area contributed by atoms with Crippen LogP contribution in [0.25, 0.3) is 0 Å². The molecule has 1 aliphatic heterocycles. The van der Waals surface area contributed by atoms with Crippen molar-refractivity contribution in [2.75, 3.05) is 56.7 Å². The Bertz CT molecular complexity index is 647. The highest BCUT2D eigenvalue weighted by molar-refractivity contribution is 7.99. The van der Waals surface area contributed by atoms with Gasteiger partial charge in [-0.2, -0.15) is 11.8 Å². The van der Waals surface area contributed by atoms with Crippen molar-refractivity contribution in [3.05, 3.63) is 29.8 Å². The van der Waals surface area contributed by atoms with E-state index in [9.17, 15) is 14.4 Å². The van der Waals surface area contributed by atoms with E-state index in [1.54, 1.807) is 43.1 Å². The summed E-state index contributed by atoms with van der Waals surface area (Å²) >= 11 is 1.85. The van der Waals surface area contributed by atoms with Crippen LogP contribution in [0.5, 0.6) is 0 Å². The van der Waals surface area contributed by atoms with Crippen LogP contribution < -0.4 is 5.32 Å². The molecule has 1 aromatic carbocycles. The van der Waals surface area contributed by atoms with Crippen molar-refractivity contribution in [3.8, 4) is 0 Å². The lowest BCUT2D eigenvalue weighted by molar-refractivity contribution is -0.144. The smallest absolute Gasteiger partial charge is 0.320 e. The number of thioether (sulfide) groups is 1. The van der Waals surface area contributed by atoms with Crippen LogP contribution in [0, 0.1) is 0 Å². The summed E-state index contributed by atoms with van der Waals surface area (Å²) in [5, 5.41) is 2.77. The van der Waals surface area contributed by atoms with E-state index in [1.165, 1.54) is 0 Å². The third kappa shape index (κ3) is 6.34. The predicted molar refractivity (Wildman–Crippen MR) is 102 cm³/mol. The van der Waals surface area contributed by atoms with Crippen LogP contribution in [0.15, 0.2) is 24.3 Å². The molecule has 1 N–H and O–H groups in total. The third-order valence-corrected chi connectivity index (χ3v) is 4.75. The number of hydrogen-bond acceptors (Lipinski definition) is 6. The average Bonchev–Trinajstić information content (AvgIpc) is 2.62. The van der Waals surface area contributed by atoms with Crippen molar-refractivity contribution in [1.29, 1.82) is 0 Å². The fourth-order valence-electron chi connectivity index (χ4n) is 2.61. The number of likely N-dealkylation sites (N-methyl/N-ethyl adjacent to an activating group) is 1. The highest BCUT2D eigenvalue weighted by Crippen LogP contribution is 2.16. The number of amides is 2. The Labute approximate surface area is 158 Å². The van der Waals surface area contributed by atoms with Crippen molar-refractivity contribution in [3.63, 3.8) is 0 Å². The van der Waals surface area contributed by atoms with Crippen LogP contribution in [-0.4, -0.2) is 78.9 Å². The summed E-state index contributed by atoms with van der Waals surface area (Å²) in [7, 11) is 1.67. The summed E-state index contributed by atoms with van der Waals surface area (Å²) in [6, 6.07) is 6.94. The Morgan fingerprint density at radius 3 is 2.65 bits per heavy atom. The van der Waals surface area contributed by atoms with Crippen LogP contribution in [-0.2, 0) is 14.3 Å². The van der Waals surface area contributed by atoms with E-state index in [0.29, 0.717) is 17.9 Å². The molecule has 26 heavy (non-hydrogen) atoms. The molecule has 1 saturated heterocycles. The second-order valence-electron chi connectivity index (χ2n) is 6.01. The number of benzene rings is 1. The molecule has 1 aliphatic rings. The lowest BCUT2D eigenvalue weighted by Crippen LogP contribution is -2.38. The summed E-state index contributed by atoms with van der Waals surface area (Å²) in [4.78, 5) is 39.5. The van der Waals surface area contributed by atoms with Gasteiger partial charge in [0.1, 0.15) is 0 Å². The monoisotopic (exact) mass is 379 g/mol. The molecule has 0 atom stereocenters. The molecular weight excluding hydrogens is 354 g/mol. The Morgan fingerprint density at radius 2 is 1.96 bits per heavy atom. The van der Waals surface area contributed by atoms with Gasteiger partial charge in [0.25, 0.3) is 5.91 Å². The molecule has 2 rings (SSSR count). The highest BCUT2D eigenvalue weighted by atomic mass is 32.2. The first-order chi connectivity index (χ1) is 12.5. The Morgan fingerprint density at radius 1 is 1.23 bits per heavy atom. The molecule has 0 bridgehead atoms. The molecule has 0 spiro atoms. The van der Waals surface area contributed by atoms with Gasteiger partial charge in [0.2, 0.25) is 5.91 Å². The second-order valence-corrected chi connectivity index (χ2v) is 7.24. The summed E-state index contributed by atoms with van der Waals surface area (Å²) in [5.74, 6) is 1.27. The zero-order valence-electron chi connectivity index (χ0n) is 15.2. The van der Waals surface area contributed by atoms with Crippen molar-refractivity contribution in [2.45, 2.75) is 6.92 Å². The molecular formula is C18H25N3O4S. The summed E-state index contributed by atoms with van der Waals surface area (Å²) in [6.45, 7) is 3.65. The lowest BCUT2D eigenvalue weighted by atomic mass is 10.1. The van der Waals surface area contributed by atoms with Gasteiger partial charge in [0.15, 0.2) is 0 Å². The molecule has 0 saturated carbocycles.